The number of esters is 1. The number of hydrogen-bond acceptors (Lipinski definition) is 8. The molecule has 0 unspecified atom stereocenters. The second kappa shape index (κ2) is 9.08. The molecule has 29 heavy (non-hydrogen) atoms. The maximum Gasteiger partial charge on any atom is 0.338 e. The molecule has 0 radical (unpaired) electrons. The number of ether oxygens (including phenoxy) is 1. The molecule has 11 heteroatoms. The molecule has 0 saturated carbocycles. The fourth-order valence-electron chi connectivity index (χ4n) is 2.52. The van der Waals surface area contributed by atoms with E-state index in [-0.39, 0.29) is 23.8 Å². The zero-order chi connectivity index (χ0) is 21.0. The molecular weight excluding hydrogens is 436 g/mol. The minimum Gasteiger partial charge on any atom is -0.454 e. The van der Waals surface area contributed by atoms with Crippen LogP contribution in [0.25, 0.3) is 0 Å². The van der Waals surface area contributed by atoms with Crippen molar-refractivity contribution in [1.29, 1.82) is 0 Å². The minimum absolute atomic E-state index is 0.136. The number of anilines is 1. The average molecular weight is 455 g/mol. The van der Waals surface area contributed by atoms with Crippen molar-refractivity contribution < 1.29 is 27.5 Å². The molecule has 8 nitrogen and oxygen atoms in total. The molecule has 1 aliphatic rings. The first-order valence-electron chi connectivity index (χ1n) is 8.51. The summed E-state index contributed by atoms with van der Waals surface area (Å²) in [6.07, 6.45) is 1.55. The van der Waals surface area contributed by atoms with Crippen LogP contribution in [0, 0.1) is 0 Å². The predicted octanol–water partition coefficient (Wildman–Crippen LogP) is 1.92. The Morgan fingerprint density at radius 2 is 2.03 bits per heavy atom. The van der Waals surface area contributed by atoms with E-state index in [0.29, 0.717) is 22.7 Å². The number of ketones is 1. The van der Waals surface area contributed by atoms with Gasteiger partial charge in [0.25, 0.3) is 0 Å². The first-order valence-corrected chi connectivity index (χ1v) is 12.2. The molecule has 0 saturated heterocycles. The minimum atomic E-state index is -3.25. The summed E-state index contributed by atoms with van der Waals surface area (Å²) >= 11 is 2.62. The summed E-state index contributed by atoms with van der Waals surface area (Å²) in [7, 11) is -3.25. The van der Waals surface area contributed by atoms with Crippen molar-refractivity contribution in [3.63, 3.8) is 0 Å². The van der Waals surface area contributed by atoms with Gasteiger partial charge in [-0.25, -0.2) is 17.9 Å². The molecule has 1 amide bonds. The smallest absolute Gasteiger partial charge is 0.338 e. The Kier molecular flexibility index (Phi) is 6.73. The number of amides is 1. The molecule has 0 bridgehead atoms. The van der Waals surface area contributed by atoms with Crippen LogP contribution in [0.3, 0.4) is 0 Å². The lowest BCUT2D eigenvalue weighted by atomic mass is 10.2. The van der Waals surface area contributed by atoms with Crippen LogP contribution in [0.5, 0.6) is 0 Å². The molecule has 0 fully saturated rings. The zero-order valence-corrected chi connectivity index (χ0v) is 17.8. The van der Waals surface area contributed by atoms with E-state index < -0.39 is 22.6 Å². The molecule has 154 valence electrons. The van der Waals surface area contributed by atoms with Gasteiger partial charge in [-0.05, 0) is 36.8 Å². The lowest BCUT2D eigenvalue weighted by Gasteiger charge is -2.16. The van der Waals surface area contributed by atoms with Gasteiger partial charge in [-0.1, -0.05) is 0 Å². The van der Waals surface area contributed by atoms with Gasteiger partial charge >= 0.3 is 5.97 Å². The predicted molar refractivity (Wildman–Crippen MR) is 111 cm³/mol. The number of sulfonamides is 1. The third kappa shape index (κ3) is 6.13. The number of carbonyl (C=O) groups excluding carboxylic acids is 3. The van der Waals surface area contributed by atoms with Crippen molar-refractivity contribution in [1.82, 2.24) is 4.72 Å². The summed E-state index contributed by atoms with van der Waals surface area (Å²) in [5, 5.41) is 2.70. The number of nitrogens with one attached hydrogen (secondary N) is 2. The molecule has 0 spiro atoms. The maximum atomic E-state index is 12.3. The van der Waals surface area contributed by atoms with Gasteiger partial charge < -0.3 is 10.1 Å². The highest BCUT2D eigenvalue weighted by molar-refractivity contribution is 8.00. The summed E-state index contributed by atoms with van der Waals surface area (Å²) in [4.78, 5) is 38.1. The summed E-state index contributed by atoms with van der Waals surface area (Å²) < 4.78 is 29.6. The van der Waals surface area contributed by atoms with Crippen LogP contribution in [0.2, 0.25) is 0 Å². The summed E-state index contributed by atoms with van der Waals surface area (Å²) in [5.74, 6) is -0.797. The number of carbonyl (C=O) groups is 3. The van der Waals surface area contributed by atoms with Gasteiger partial charge in [0, 0.05) is 16.3 Å². The van der Waals surface area contributed by atoms with E-state index in [2.05, 4.69) is 10.0 Å². The van der Waals surface area contributed by atoms with Gasteiger partial charge in [-0.15, -0.1) is 23.1 Å². The van der Waals surface area contributed by atoms with Gasteiger partial charge in [0.05, 0.1) is 28.1 Å². The lowest BCUT2D eigenvalue weighted by molar-refractivity contribution is -0.113. The third-order valence-corrected chi connectivity index (χ3v) is 6.84. The molecule has 1 aliphatic heterocycles. The monoisotopic (exact) mass is 454 g/mol. The zero-order valence-electron chi connectivity index (χ0n) is 15.4. The molecule has 0 atom stereocenters. The number of thiophene rings is 1. The van der Waals surface area contributed by atoms with Gasteiger partial charge in [0.1, 0.15) is 0 Å². The largest absolute Gasteiger partial charge is 0.454 e. The molecular formula is C18H18N2O6S3. The summed E-state index contributed by atoms with van der Waals surface area (Å²) in [6.45, 7) is -0.159. The van der Waals surface area contributed by atoms with E-state index in [0.717, 1.165) is 16.0 Å². The Labute approximate surface area is 176 Å². The molecule has 2 N–H and O–H groups in total. The topological polar surface area (TPSA) is 119 Å². The second-order valence-electron chi connectivity index (χ2n) is 6.23. The van der Waals surface area contributed by atoms with Crippen LogP contribution < -0.4 is 10.0 Å². The highest BCUT2D eigenvalue weighted by atomic mass is 32.2. The van der Waals surface area contributed by atoms with E-state index in [1.165, 1.54) is 29.2 Å². The van der Waals surface area contributed by atoms with Crippen molar-refractivity contribution in [3.05, 3.63) is 45.6 Å². The van der Waals surface area contributed by atoms with Crippen LogP contribution in [0.4, 0.5) is 5.69 Å². The van der Waals surface area contributed by atoms with Crippen molar-refractivity contribution in [3.8, 4) is 0 Å². The second-order valence-corrected chi connectivity index (χ2v) is 10.2. The number of fused-ring (bicyclic) bond motifs is 1. The SMILES string of the molecule is CS(=O)(=O)NCCc1ccc(C(=O)COC(=O)c2ccc3c(c2)NC(=O)CS3)s1. The Hall–Kier alpha value is -2.21. The number of thioether (sulfide) groups is 1. The van der Waals surface area contributed by atoms with Crippen molar-refractivity contribution in [2.24, 2.45) is 0 Å². The van der Waals surface area contributed by atoms with E-state index in [9.17, 15) is 22.8 Å². The average Bonchev–Trinajstić information content (AvgIpc) is 3.13. The number of Topliss-reactive ketones (excluding diaryl/α,β-unsaturated/α-hetero) is 1. The first-order chi connectivity index (χ1) is 13.7. The Morgan fingerprint density at radius 3 is 2.79 bits per heavy atom. The van der Waals surface area contributed by atoms with Gasteiger partial charge in [0.2, 0.25) is 21.7 Å². The number of benzene rings is 1. The highest BCUT2D eigenvalue weighted by Gasteiger charge is 2.19. The molecule has 2 heterocycles. The Balaban J connectivity index is 1.53. The lowest BCUT2D eigenvalue weighted by Crippen LogP contribution is -2.24. The van der Waals surface area contributed by atoms with Crippen molar-refractivity contribution in [2.75, 3.05) is 30.5 Å². The molecule has 1 aromatic heterocycles. The van der Waals surface area contributed by atoms with Crippen LogP contribution in [0.15, 0.2) is 35.2 Å². The Morgan fingerprint density at radius 1 is 1.24 bits per heavy atom. The number of hydrogen-bond donors (Lipinski definition) is 2. The van der Waals surface area contributed by atoms with E-state index in [1.807, 2.05) is 0 Å². The van der Waals surface area contributed by atoms with Gasteiger partial charge in [-0.2, -0.15) is 0 Å². The van der Waals surface area contributed by atoms with Gasteiger partial charge in [0.15, 0.2) is 6.61 Å². The quantitative estimate of drug-likeness (QED) is 0.462. The van der Waals surface area contributed by atoms with Crippen molar-refractivity contribution in [2.45, 2.75) is 11.3 Å². The molecule has 0 aliphatic carbocycles. The molecule has 3 rings (SSSR count). The van der Waals surface area contributed by atoms with E-state index in [1.54, 1.807) is 24.3 Å². The van der Waals surface area contributed by atoms with Crippen molar-refractivity contribution >= 4 is 56.5 Å². The van der Waals surface area contributed by atoms with Crippen LogP contribution >= 0.6 is 23.1 Å². The van der Waals surface area contributed by atoms with E-state index >= 15 is 0 Å². The fraction of sp³-hybridized carbons (Fsp3) is 0.278. The first kappa shape index (κ1) is 21.5. The molecule has 2 aromatic rings. The van der Waals surface area contributed by atoms with Crippen LogP contribution in [-0.4, -0.2) is 51.2 Å². The Bertz CT molecular complexity index is 1060. The van der Waals surface area contributed by atoms with Crippen LogP contribution in [0.1, 0.15) is 24.9 Å². The maximum absolute atomic E-state index is 12.3. The van der Waals surface area contributed by atoms with E-state index in [4.69, 9.17) is 4.74 Å². The third-order valence-electron chi connectivity index (χ3n) is 3.85. The van der Waals surface area contributed by atoms with Gasteiger partial charge in [-0.3, -0.25) is 9.59 Å². The fourth-order valence-corrected chi connectivity index (χ4v) is 4.71. The standard InChI is InChI=1S/C18H18N2O6S3/c1-29(24,25)19-7-6-12-3-5-16(28-12)14(21)9-26-18(23)11-2-4-15-13(8-11)20-17(22)10-27-15/h2-5,8,19H,6-7,9-10H2,1H3,(H,20,22). The molecule has 1 aromatic carbocycles. The number of rotatable bonds is 8. The summed E-state index contributed by atoms with van der Waals surface area (Å²) in [5.41, 5.74) is 0.802. The highest BCUT2D eigenvalue weighted by Crippen LogP contribution is 2.32. The normalized spacial score (nSPS) is 13.5. The van der Waals surface area contributed by atoms with Crippen LogP contribution in [-0.2, 0) is 26.0 Å². The summed E-state index contributed by atoms with van der Waals surface area (Å²) in [6, 6.07) is 8.22.